The molecule has 1 saturated heterocycles. The van der Waals surface area contributed by atoms with Crippen LogP contribution >= 0.6 is 15.9 Å². The summed E-state index contributed by atoms with van der Waals surface area (Å²) in [6.45, 7) is 1.19. The number of hydrogen-bond donors (Lipinski definition) is 2. The van der Waals surface area contributed by atoms with E-state index in [2.05, 4.69) is 21.2 Å². The van der Waals surface area contributed by atoms with E-state index in [-0.39, 0.29) is 17.7 Å². The molecule has 1 aliphatic rings. The molecule has 2 aromatic rings. The van der Waals surface area contributed by atoms with E-state index in [9.17, 15) is 23.9 Å². The van der Waals surface area contributed by atoms with E-state index >= 15 is 0 Å². The Morgan fingerprint density at radius 2 is 2.00 bits per heavy atom. The summed E-state index contributed by atoms with van der Waals surface area (Å²) in [6, 6.07) is 10.4. The van der Waals surface area contributed by atoms with Crippen LogP contribution in [0.25, 0.3) is 0 Å². The minimum atomic E-state index is -1.15. The topological polar surface area (TPSA) is 86.7 Å². The van der Waals surface area contributed by atoms with Gasteiger partial charge in [-0.1, -0.05) is 34.1 Å². The Balaban J connectivity index is 1.64. The molecule has 0 saturated carbocycles. The van der Waals surface area contributed by atoms with Crippen molar-refractivity contribution in [2.24, 2.45) is 0 Å². The summed E-state index contributed by atoms with van der Waals surface area (Å²) in [5, 5.41) is 12.2. The second-order valence-corrected chi connectivity index (χ2v) is 8.19. The average molecular weight is 463 g/mol. The van der Waals surface area contributed by atoms with E-state index in [0.29, 0.717) is 17.3 Å². The first-order chi connectivity index (χ1) is 13.7. The highest BCUT2D eigenvalue weighted by atomic mass is 79.9. The number of hydrogen-bond acceptors (Lipinski definition) is 4. The number of Topliss-reactive ketones (excluding diaryl/α,β-unsaturated/α-hetero) is 1. The average Bonchev–Trinajstić information content (AvgIpc) is 2.86. The predicted molar refractivity (Wildman–Crippen MR) is 108 cm³/mol. The van der Waals surface area contributed by atoms with Crippen molar-refractivity contribution < 1.29 is 23.9 Å². The third kappa shape index (κ3) is 4.82. The van der Waals surface area contributed by atoms with Crippen LogP contribution in [0.2, 0.25) is 0 Å². The maximum Gasteiger partial charge on any atom is 0.325 e. The highest BCUT2D eigenvalue weighted by molar-refractivity contribution is 9.10. The summed E-state index contributed by atoms with van der Waals surface area (Å²) in [5.41, 5.74) is -0.114. The highest BCUT2D eigenvalue weighted by Gasteiger charge is 2.47. The maximum atomic E-state index is 13.9. The first kappa shape index (κ1) is 21.0. The predicted octanol–water partition coefficient (Wildman–Crippen LogP) is 3.35. The molecule has 3 rings (SSSR count). The molecule has 0 radical (unpaired) electrons. The number of rotatable bonds is 7. The lowest BCUT2D eigenvalue weighted by atomic mass is 9.93. The van der Waals surface area contributed by atoms with Crippen LogP contribution in [0, 0.1) is 5.82 Å². The molecule has 2 aromatic carbocycles. The van der Waals surface area contributed by atoms with E-state index in [4.69, 9.17) is 0 Å². The van der Waals surface area contributed by atoms with Gasteiger partial charge in [0.15, 0.2) is 5.78 Å². The zero-order valence-corrected chi connectivity index (χ0v) is 17.3. The van der Waals surface area contributed by atoms with Crippen LogP contribution in [0.3, 0.4) is 0 Å². The monoisotopic (exact) mass is 462 g/mol. The van der Waals surface area contributed by atoms with Gasteiger partial charge in [0, 0.05) is 10.9 Å². The number of carbonyl (C=O) groups is 3. The van der Waals surface area contributed by atoms with Gasteiger partial charge in [0.2, 0.25) is 0 Å². The zero-order chi connectivity index (χ0) is 21.2. The summed E-state index contributed by atoms with van der Waals surface area (Å²) in [6.07, 6.45) is 0.562. The number of nitrogens with one attached hydrogen (secondary N) is 1. The van der Waals surface area contributed by atoms with Crippen LogP contribution in [0.15, 0.2) is 46.9 Å². The van der Waals surface area contributed by atoms with Crippen molar-refractivity contribution >= 4 is 33.7 Å². The molecule has 152 valence electrons. The van der Waals surface area contributed by atoms with Crippen LogP contribution < -0.4 is 5.32 Å². The van der Waals surface area contributed by atoms with Crippen LogP contribution in [0.5, 0.6) is 5.75 Å². The molecule has 0 aromatic heterocycles. The number of carbonyl (C=O) groups excluding carboxylic acids is 3. The molecule has 3 amide bonds. The Morgan fingerprint density at radius 3 is 2.69 bits per heavy atom. The molecule has 1 atom stereocenters. The summed E-state index contributed by atoms with van der Waals surface area (Å²) >= 11 is 3.15. The molecule has 1 aliphatic heterocycles. The SMILES string of the molecule is CC1(CCc2cccc(O)c2)NC(=O)N(CC(=O)Cc2ccc(Br)cc2F)C1=O. The Labute approximate surface area is 175 Å². The smallest absolute Gasteiger partial charge is 0.325 e. The van der Waals surface area contributed by atoms with Gasteiger partial charge in [-0.2, -0.15) is 0 Å². The standard InChI is InChI=1S/C21H20BrFN2O4/c1-21(8-7-13-3-2-4-16(26)9-13)19(28)25(20(29)24-21)12-17(27)10-14-5-6-15(22)11-18(14)23/h2-6,9,11,26H,7-8,10,12H2,1H3,(H,24,29). The lowest BCUT2D eigenvalue weighted by Crippen LogP contribution is -2.44. The van der Waals surface area contributed by atoms with Crippen LogP contribution in [-0.4, -0.2) is 39.8 Å². The molecule has 0 spiro atoms. The first-order valence-electron chi connectivity index (χ1n) is 9.05. The third-order valence-corrected chi connectivity index (χ3v) is 5.40. The Morgan fingerprint density at radius 1 is 1.24 bits per heavy atom. The van der Waals surface area contributed by atoms with E-state index in [1.807, 2.05) is 6.07 Å². The number of aromatic hydroxyl groups is 1. The fourth-order valence-electron chi connectivity index (χ4n) is 3.28. The van der Waals surface area contributed by atoms with Gasteiger partial charge in [-0.05, 0) is 55.2 Å². The van der Waals surface area contributed by atoms with Crippen LogP contribution in [0.1, 0.15) is 24.5 Å². The Kier molecular flexibility index (Phi) is 6.02. The molecular formula is C21H20BrFN2O4. The van der Waals surface area contributed by atoms with Crippen molar-refractivity contribution in [3.63, 3.8) is 0 Å². The molecular weight excluding hydrogens is 443 g/mol. The van der Waals surface area contributed by atoms with E-state index in [0.717, 1.165) is 10.5 Å². The van der Waals surface area contributed by atoms with Crippen molar-refractivity contribution in [2.45, 2.75) is 31.7 Å². The number of urea groups is 1. The first-order valence-corrected chi connectivity index (χ1v) is 9.85. The molecule has 1 unspecified atom stereocenters. The van der Waals surface area contributed by atoms with Gasteiger partial charge in [-0.3, -0.25) is 14.5 Å². The van der Waals surface area contributed by atoms with Crippen molar-refractivity contribution in [2.75, 3.05) is 6.54 Å². The van der Waals surface area contributed by atoms with E-state index < -0.39 is 35.6 Å². The van der Waals surface area contributed by atoms with Crippen molar-refractivity contribution in [1.29, 1.82) is 0 Å². The zero-order valence-electron chi connectivity index (χ0n) is 15.7. The van der Waals surface area contributed by atoms with Gasteiger partial charge in [0.25, 0.3) is 5.91 Å². The second kappa shape index (κ2) is 8.32. The van der Waals surface area contributed by atoms with Gasteiger partial charge >= 0.3 is 6.03 Å². The number of phenols is 1. The number of amides is 3. The highest BCUT2D eigenvalue weighted by Crippen LogP contribution is 2.24. The molecule has 29 heavy (non-hydrogen) atoms. The molecule has 2 N–H and O–H groups in total. The van der Waals surface area contributed by atoms with Gasteiger partial charge in [-0.15, -0.1) is 0 Å². The fourth-order valence-corrected chi connectivity index (χ4v) is 3.61. The molecule has 0 aliphatic carbocycles. The molecule has 1 fully saturated rings. The third-order valence-electron chi connectivity index (χ3n) is 4.91. The van der Waals surface area contributed by atoms with Crippen molar-refractivity contribution in [3.05, 3.63) is 63.9 Å². The fraction of sp³-hybridized carbons (Fsp3) is 0.286. The summed E-state index contributed by atoms with van der Waals surface area (Å²) in [7, 11) is 0. The summed E-state index contributed by atoms with van der Waals surface area (Å²) < 4.78 is 14.5. The van der Waals surface area contributed by atoms with Gasteiger partial charge < -0.3 is 10.4 Å². The van der Waals surface area contributed by atoms with E-state index in [1.54, 1.807) is 31.2 Å². The Bertz CT molecular complexity index is 981. The van der Waals surface area contributed by atoms with Gasteiger partial charge in [0.05, 0.1) is 6.54 Å². The minimum absolute atomic E-state index is 0.127. The maximum absolute atomic E-state index is 13.9. The molecule has 6 nitrogen and oxygen atoms in total. The molecule has 0 bridgehead atoms. The molecule has 8 heteroatoms. The lowest BCUT2D eigenvalue weighted by Gasteiger charge is -2.21. The number of ketones is 1. The summed E-state index contributed by atoms with van der Waals surface area (Å²) in [5.74, 6) is -1.33. The lowest BCUT2D eigenvalue weighted by molar-refractivity contribution is -0.134. The molecule has 1 heterocycles. The summed E-state index contributed by atoms with van der Waals surface area (Å²) in [4.78, 5) is 38.3. The van der Waals surface area contributed by atoms with Crippen LogP contribution in [-0.2, 0) is 22.4 Å². The minimum Gasteiger partial charge on any atom is -0.508 e. The number of benzene rings is 2. The second-order valence-electron chi connectivity index (χ2n) is 7.27. The number of aryl methyl sites for hydroxylation is 1. The number of imide groups is 1. The Hall–Kier alpha value is -2.74. The largest absolute Gasteiger partial charge is 0.508 e. The number of halogens is 2. The normalized spacial score (nSPS) is 18.8. The van der Waals surface area contributed by atoms with Gasteiger partial charge in [0.1, 0.15) is 17.1 Å². The van der Waals surface area contributed by atoms with Crippen LogP contribution in [0.4, 0.5) is 9.18 Å². The number of phenolic OH excluding ortho intramolecular Hbond substituents is 1. The van der Waals surface area contributed by atoms with E-state index in [1.165, 1.54) is 12.1 Å². The van der Waals surface area contributed by atoms with Gasteiger partial charge in [-0.25, -0.2) is 9.18 Å². The van der Waals surface area contributed by atoms with Crippen molar-refractivity contribution in [3.8, 4) is 5.75 Å². The van der Waals surface area contributed by atoms with Crippen molar-refractivity contribution in [1.82, 2.24) is 10.2 Å². The number of nitrogens with zero attached hydrogens (tertiary/aromatic N) is 1. The quantitative estimate of drug-likeness (QED) is 0.617.